The lowest BCUT2D eigenvalue weighted by Gasteiger charge is -2.09. The van der Waals surface area contributed by atoms with E-state index in [4.69, 9.17) is 5.11 Å². The summed E-state index contributed by atoms with van der Waals surface area (Å²) in [4.78, 5) is 13.8. The summed E-state index contributed by atoms with van der Waals surface area (Å²) in [5.74, 6) is -3.46. The summed E-state index contributed by atoms with van der Waals surface area (Å²) < 4.78 is 44.1. The molecule has 8 heteroatoms. The summed E-state index contributed by atoms with van der Waals surface area (Å²) in [6.07, 6.45) is 0.700. The van der Waals surface area contributed by atoms with Crippen molar-refractivity contribution in [2.75, 3.05) is 5.12 Å². The van der Waals surface area contributed by atoms with Crippen LogP contribution in [-0.2, 0) is 0 Å². The van der Waals surface area contributed by atoms with Crippen molar-refractivity contribution in [3.8, 4) is 0 Å². The average Bonchev–Trinajstić information content (AvgIpc) is 2.77. The Kier molecular flexibility index (Phi) is 2.92. The molecule has 18 heavy (non-hydrogen) atoms. The summed E-state index contributed by atoms with van der Waals surface area (Å²) in [5, 5.41) is 8.24. The summed E-state index contributed by atoms with van der Waals surface area (Å²) in [5.41, 5.74) is -1.18. The number of carboxylic acids is 1. The van der Waals surface area contributed by atoms with Crippen LogP contribution >= 0.6 is 0 Å². The molecule has 1 heterocycles. The summed E-state index contributed by atoms with van der Waals surface area (Å²) >= 11 is 0. The van der Waals surface area contributed by atoms with Gasteiger partial charge in [-0.05, 0) is 12.1 Å². The third kappa shape index (κ3) is 2.12. The van der Waals surface area contributed by atoms with Crippen LogP contribution in [0.3, 0.4) is 0 Å². The quantitative estimate of drug-likeness (QED) is 0.857. The SMILES string of the molecule is O=C(O)c1coc(N(F)c2ccc(F)cc2F)n1. The predicted octanol–water partition coefficient (Wildman–Crippen LogP) is 2.67. The molecule has 2 rings (SSSR count). The fourth-order valence-corrected chi connectivity index (χ4v) is 1.20. The standard InChI is InChI=1S/C10H5F3N2O3/c11-5-1-2-8(6(12)3-5)15(13)10-14-7(4-18-10)9(16)17/h1-4H,(H,16,17). The number of carboxylic acid groups (broad SMARTS) is 1. The van der Waals surface area contributed by atoms with E-state index < -0.39 is 35.0 Å². The summed E-state index contributed by atoms with van der Waals surface area (Å²) in [6.45, 7) is 0. The van der Waals surface area contributed by atoms with Crippen molar-refractivity contribution < 1.29 is 27.6 Å². The van der Waals surface area contributed by atoms with Crippen LogP contribution in [0, 0.1) is 11.6 Å². The highest BCUT2D eigenvalue weighted by Crippen LogP contribution is 2.28. The Balaban J connectivity index is 2.35. The normalized spacial score (nSPS) is 10.4. The van der Waals surface area contributed by atoms with Crippen LogP contribution in [0.1, 0.15) is 10.5 Å². The summed E-state index contributed by atoms with van der Waals surface area (Å²) in [6, 6.07) is 1.38. The lowest BCUT2D eigenvalue weighted by molar-refractivity contribution is 0.0690. The second kappa shape index (κ2) is 4.40. The second-order valence-electron chi connectivity index (χ2n) is 3.20. The molecule has 0 amide bonds. The first-order chi connectivity index (χ1) is 8.49. The molecule has 0 aliphatic rings. The van der Waals surface area contributed by atoms with Gasteiger partial charge in [0.2, 0.25) is 0 Å². The molecule has 1 aromatic heterocycles. The fraction of sp³-hybridized carbons (Fsp3) is 0. The van der Waals surface area contributed by atoms with Gasteiger partial charge in [0.15, 0.2) is 11.5 Å². The highest BCUT2D eigenvalue weighted by molar-refractivity contribution is 5.85. The number of aromatic nitrogens is 1. The maximum Gasteiger partial charge on any atom is 0.357 e. The maximum absolute atomic E-state index is 13.7. The van der Waals surface area contributed by atoms with Crippen molar-refractivity contribution in [3.05, 3.63) is 41.8 Å². The Morgan fingerprint density at radius 2 is 2.11 bits per heavy atom. The van der Waals surface area contributed by atoms with Gasteiger partial charge in [-0.2, -0.15) is 4.98 Å². The van der Waals surface area contributed by atoms with Gasteiger partial charge in [-0.1, -0.05) is 4.48 Å². The Morgan fingerprint density at radius 1 is 1.39 bits per heavy atom. The number of hydrogen-bond acceptors (Lipinski definition) is 4. The minimum absolute atomic E-state index is 0.318. The Bertz CT molecular complexity index is 600. The minimum atomic E-state index is -1.42. The number of carbonyl (C=O) groups is 1. The Hall–Kier alpha value is -2.51. The fourth-order valence-electron chi connectivity index (χ4n) is 1.20. The molecule has 1 N–H and O–H groups in total. The van der Waals surface area contributed by atoms with Crippen LogP contribution < -0.4 is 5.12 Å². The van der Waals surface area contributed by atoms with Crippen LogP contribution in [-0.4, -0.2) is 16.1 Å². The van der Waals surface area contributed by atoms with Crippen LogP contribution in [0.2, 0.25) is 0 Å². The number of anilines is 2. The predicted molar refractivity (Wildman–Crippen MR) is 53.1 cm³/mol. The van der Waals surface area contributed by atoms with Gasteiger partial charge in [0, 0.05) is 6.07 Å². The molecule has 5 nitrogen and oxygen atoms in total. The Morgan fingerprint density at radius 3 is 2.67 bits per heavy atom. The Labute approximate surface area is 98.0 Å². The van der Waals surface area contributed by atoms with E-state index >= 15 is 0 Å². The van der Waals surface area contributed by atoms with Crippen LogP contribution in [0.15, 0.2) is 28.9 Å². The lowest BCUT2D eigenvalue weighted by Crippen LogP contribution is -2.07. The number of nitrogens with zero attached hydrogens (tertiary/aromatic N) is 2. The zero-order chi connectivity index (χ0) is 13.3. The molecule has 0 bridgehead atoms. The average molecular weight is 258 g/mol. The van der Waals surface area contributed by atoms with E-state index in [1.807, 2.05) is 0 Å². The first-order valence-corrected chi connectivity index (χ1v) is 4.59. The molecule has 0 saturated carbocycles. The lowest BCUT2D eigenvalue weighted by atomic mass is 10.3. The van der Waals surface area contributed by atoms with Gasteiger partial charge in [0.1, 0.15) is 17.8 Å². The number of rotatable bonds is 3. The van der Waals surface area contributed by atoms with E-state index in [9.17, 15) is 18.1 Å². The molecular formula is C10H5F3N2O3. The minimum Gasteiger partial charge on any atom is -0.476 e. The van der Waals surface area contributed by atoms with Crippen molar-refractivity contribution in [1.29, 1.82) is 0 Å². The van der Waals surface area contributed by atoms with Crippen molar-refractivity contribution in [3.63, 3.8) is 0 Å². The van der Waals surface area contributed by atoms with E-state index in [1.54, 1.807) is 0 Å². The number of oxazole rings is 1. The van der Waals surface area contributed by atoms with Crippen molar-refractivity contribution in [2.24, 2.45) is 0 Å². The molecule has 0 aliphatic heterocycles. The smallest absolute Gasteiger partial charge is 0.357 e. The largest absolute Gasteiger partial charge is 0.476 e. The highest BCUT2D eigenvalue weighted by Gasteiger charge is 2.20. The van der Waals surface area contributed by atoms with E-state index in [2.05, 4.69) is 9.40 Å². The molecule has 1 aromatic carbocycles. The van der Waals surface area contributed by atoms with Gasteiger partial charge in [-0.15, -0.1) is 5.12 Å². The second-order valence-corrected chi connectivity index (χ2v) is 3.20. The molecule has 0 aliphatic carbocycles. The zero-order valence-corrected chi connectivity index (χ0v) is 8.60. The number of aromatic carboxylic acids is 1. The third-order valence-corrected chi connectivity index (χ3v) is 2.00. The zero-order valence-electron chi connectivity index (χ0n) is 8.60. The third-order valence-electron chi connectivity index (χ3n) is 2.00. The topological polar surface area (TPSA) is 66.6 Å². The van der Waals surface area contributed by atoms with E-state index in [-0.39, 0.29) is 5.12 Å². The number of hydrogen-bond donors (Lipinski definition) is 1. The van der Waals surface area contributed by atoms with Crippen molar-refractivity contribution in [2.45, 2.75) is 0 Å². The number of benzene rings is 1. The molecule has 2 aromatic rings. The van der Waals surface area contributed by atoms with Crippen LogP contribution in [0.5, 0.6) is 0 Å². The molecule has 0 spiro atoms. The molecule has 0 saturated heterocycles. The number of halogens is 3. The molecule has 0 unspecified atom stereocenters. The van der Waals surface area contributed by atoms with E-state index in [0.29, 0.717) is 12.3 Å². The highest BCUT2D eigenvalue weighted by atomic mass is 19.2. The first kappa shape index (κ1) is 12.0. The van der Waals surface area contributed by atoms with Crippen molar-refractivity contribution >= 4 is 17.7 Å². The van der Waals surface area contributed by atoms with Gasteiger partial charge in [-0.25, -0.2) is 13.6 Å². The molecule has 0 fully saturated rings. The summed E-state index contributed by atoms with van der Waals surface area (Å²) in [7, 11) is 0. The first-order valence-electron chi connectivity index (χ1n) is 4.59. The molecular weight excluding hydrogens is 253 g/mol. The molecule has 0 radical (unpaired) electrons. The van der Waals surface area contributed by atoms with Crippen molar-refractivity contribution in [1.82, 2.24) is 4.98 Å². The molecule has 0 atom stereocenters. The molecule has 94 valence electrons. The van der Waals surface area contributed by atoms with Gasteiger partial charge in [0.25, 0.3) is 0 Å². The van der Waals surface area contributed by atoms with Crippen LogP contribution in [0.4, 0.5) is 25.0 Å². The van der Waals surface area contributed by atoms with Crippen LogP contribution in [0.25, 0.3) is 0 Å². The van der Waals surface area contributed by atoms with Gasteiger partial charge in [-0.3, -0.25) is 0 Å². The van der Waals surface area contributed by atoms with E-state index in [1.165, 1.54) is 0 Å². The maximum atomic E-state index is 13.7. The van der Waals surface area contributed by atoms with Gasteiger partial charge >= 0.3 is 12.0 Å². The van der Waals surface area contributed by atoms with Gasteiger partial charge < -0.3 is 9.52 Å². The van der Waals surface area contributed by atoms with E-state index in [0.717, 1.165) is 12.1 Å². The van der Waals surface area contributed by atoms with Gasteiger partial charge in [0.05, 0.1) is 0 Å². The monoisotopic (exact) mass is 258 g/mol.